The maximum absolute atomic E-state index is 11.4. The zero-order valence-electron chi connectivity index (χ0n) is 11.9. The molecule has 0 unspecified atom stereocenters. The van der Waals surface area contributed by atoms with E-state index in [4.69, 9.17) is 5.11 Å². The number of nitrogens with zero attached hydrogens (tertiary/aromatic N) is 1. The van der Waals surface area contributed by atoms with Gasteiger partial charge in [-0.1, -0.05) is 0 Å². The number of carboxylic acids is 1. The molecule has 0 aromatic carbocycles. The minimum Gasteiger partial charge on any atom is -0.481 e. The van der Waals surface area contributed by atoms with E-state index in [1.54, 1.807) is 27.9 Å². The molecule has 0 rings (SSSR count). The van der Waals surface area contributed by atoms with Crippen molar-refractivity contribution in [2.45, 2.75) is 26.7 Å². The average Bonchev–Trinajstić information content (AvgIpc) is 2.28. The van der Waals surface area contributed by atoms with Gasteiger partial charge in [-0.3, -0.25) is 9.59 Å². The van der Waals surface area contributed by atoms with E-state index in [-0.39, 0.29) is 25.4 Å². The predicted molar refractivity (Wildman–Crippen MR) is 70.7 cm³/mol. The largest absolute Gasteiger partial charge is 0.481 e. The van der Waals surface area contributed by atoms with Crippen LogP contribution in [0, 0.1) is 5.41 Å². The number of rotatable bonds is 7. The van der Waals surface area contributed by atoms with E-state index in [0.29, 0.717) is 6.42 Å². The van der Waals surface area contributed by atoms with Crippen LogP contribution in [0.15, 0.2) is 0 Å². The lowest BCUT2D eigenvalue weighted by atomic mass is 9.90. The highest BCUT2D eigenvalue weighted by molar-refractivity contribution is 5.78. The average molecular weight is 273 g/mol. The van der Waals surface area contributed by atoms with E-state index in [2.05, 4.69) is 10.6 Å². The molecule has 3 amide bonds. The molecule has 3 N–H and O–H groups in total. The molecule has 0 spiro atoms. The van der Waals surface area contributed by atoms with Crippen molar-refractivity contribution < 1.29 is 19.5 Å². The van der Waals surface area contributed by atoms with Crippen LogP contribution in [0.4, 0.5) is 4.79 Å². The molecule has 0 aromatic rings. The van der Waals surface area contributed by atoms with E-state index in [1.165, 1.54) is 4.90 Å². The zero-order chi connectivity index (χ0) is 15.1. The maximum atomic E-state index is 11.4. The molecule has 0 fully saturated rings. The Morgan fingerprint density at radius 3 is 2.11 bits per heavy atom. The lowest BCUT2D eigenvalue weighted by molar-refractivity contribution is -0.147. The molecule has 7 heteroatoms. The Kier molecular flexibility index (Phi) is 6.89. The molecule has 0 saturated carbocycles. The minimum absolute atomic E-state index is 0.0627. The molecule has 0 bridgehead atoms. The first kappa shape index (κ1) is 17.2. The number of amides is 3. The lowest BCUT2D eigenvalue weighted by Crippen LogP contribution is -2.39. The summed E-state index contributed by atoms with van der Waals surface area (Å²) in [5.41, 5.74) is -0.867. The van der Waals surface area contributed by atoms with Crippen molar-refractivity contribution in [3.8, 4) is 0 Å². The number of hydrogen-bond donors (Lipinski definition) is 3. The Hall–Kier alpha value is -1.79. The second-order valence-electron chi connectivity index (χ2n) is 5.16. The highest BCUT2D eigenvalue weighted by Gasteiger charge is 2.26. The Morgan fingerprint density at radius 2 is 1.63 bits per heavy atom. The number of carbonyl (C=O) groups excluding carboxylic acids is 2. The van der Waals surface area contributed by atoms with Crippen molar-refractivity contribution in [1.29, 1.82) is 0 Å². The van der Waals surface area contributed by atoms with Gasteiger partial charge in [0.25, 0.3) is 0 Å². The third-order valence-electron chi connectivity index (χ3n) is 2.74. The summed E-state index contributed by atoms with van der Waals surface area (Å²) in [6.07, 6.45) is 0.577. The van der Waals surface area contributed by atoms with Gasteiger partial charge >= 0.3 is 12.0 Å². The smallest absolute Gasteiger partial charge is 0.314 e. The second-order valence-corrected chi connectivity index (χ2v) is 5.16. The molecule has 0 aliphatic carbocycles. The molecular weight excluding hydrogens is 250 g/mol. The third-order valence-corrected chi connectivity index (χ3v) is 2.74. The number of nitrogens with one attached hydrogen (secondary N) is 2. The van der Waals surface area contributed by atoms with Gasteiger partial charge in [-0.05, 0) is 20.3 Å². The summed E-state index contributed by atoms with van der Waals surface area (Å²) < 4.78 is 0. The van der Waals surface area contributed by atoms with Crippen molar-refractivity contribution in [2.75, 3.05) is 27.2 Å². The van der Waals surface area contributed by atoms with E-state index >= 15 is 0 Å². The van der Waals surface area contributed by atoms with E-state index in [1.807, 2.05) is 0 Å². The molecule has 0 aromatic heterocycles. The summed E-state index contributed by atoms with van der Waals surface area (Å²) in [6, 6.07) is -0.396. The highest BCUT2D eigenvalue weighted by atomic mass is 16.4. The first-order chi connectivity index (χ1) is 8.66. The summed E-state index contributed by atoms with van der Waals surface area (Å²) in [6.45, 7) is 3.73. The lowest BCUT2D eigenvalue weighted by Gasteiger charge is -2.19. The summed E-state index contributed by atoms with van der Waals surface area (Å²) in [7, 11) is 3.30. The van der Waals surface area contributed by atoms with Crippen LogP contribution >= 0.6 is 0 Å². The Morgan fingerprint density at radius 1 is 1.11 bits per heavy atom. The Labute approximate surface area is 113 Å². The molecule has 110 valence electrons. The monoisotopic (exact) mass is 273 g/mol. The van der Waals surface area contributed by atoms with Crippen molar-refractivity contribution in [3.05, 3.63) is 0 Å². The normalized spacial score (nSPS) is 10.7. The molecule has 0 aliphatic rings. The molecule has 0 aliphatic heterocycles. The van der Waals surface area contributed by atoms with Crippen LogP contribution in [0.25, 0.3) is 0 Å². The summed E-state index contributed by atoms with van der Waals surface area (Å²) in [5.74, 6) is -0.960. The van der Waals surface area contributed by atoms with Gasteiger partial charge in [0.05, 0.1) is 5.41 Å². The number of urea groups is 1. The van der Waals surface area contributed by atoms with Gasteiger partial charge in [0.1, 0.15) is 0 Å². The predicted octanol–water partition coefficient (Wildman–Crippen LogP) is 0.265. The van der Waals surface area contributed by atoms with Crippen molar-refractivity contribution in [1.82, 2.24) is 15.5 Å². The van der Waals surface area contributed by atoms with E-state index < -0.39 is 17.4 Å². The fourth-order valence-corrected chi connectivity index (χ4v) is 1.16. The summed E-state index contributed by atoms with van der Waals surface area (Å²) in [4.78, 5) is 34.9. The van der Waals surface area contributed by atoms with Gasteiger partial charge in [0, 0.05) is 33.6 Å². The number of aliphatic carboxylic acids is 1. The number of carbonyl (C=O) groups is 3. The topological polar surface area (TPSA) is 98.7 Å². The van der Waals surface area contributed by atoms with Crippen LogP contribution in [0.3, 0.4) is 0 Å². The van der Waals surface area contributed by atoms with Crippen LogP contribution in [0.2, 0.25) is 0 Å². The second kappa shape index (κ2) is 7.60. The van der Waals surface area contributed by atoms with Crippen LogP contribution in [-0.4, -0.2) is 55.1 Å². The minimum atomic E-state index is -0.897. The SMILES string of the molecule is CN(C)C(=O)CCNC(=O)NCCC(C)(C)C(=O)O. The molecule has 0 atom stereocenters. The van der Waals surface area contributed by atoms with Crippen molar-refractivity contribution in [3.63, 3.8) is 0 Å². The van der Waals surface area contributed by atoms with Crippen molar-refractivity contribution >= 4 is 17.9 Å². The molecule has 0 radical (unpaired) electrons. The number of carboxylic acid groups (broad SMARTS) is 1. The standard InChI is InChI=1S/C12H23N3O4/c1-12(2,10(17)18)6-8-14-11(19)13-7-5-9(16)15(3)4/h5-8H2,1-4H3,(H,17,18)(H2,13,14,19). The zero-order valence-corrected chi connectivity index (χ0v) is 11.9. The van der Waals surface area contributed by atoms with E-state index in [0.717, 1.165) is 0 Å². The third kappa shape index (κ3) is 7.28. The summed E-state index contributed by atoms with van der Waals surface area (Å²) in [5, 5.41) is 14.0. The molecular formula is C12H23N3O4. The van der Waals surface area contributed by atoms with Crippen LogP contribution in [-0.2, 0) is 9.59 Å². The fourth-order valence-electron chi connectivity index (χ4n) is 1.16. The van der Waals surface area contributed by atoms with Crippen LogP contribution in [0.5, 0.6) is 0 Å². The van der Waals surface area contributed by atoms with Gasteiger partial charge in [0.15, 0.2) is 0 Å². The maximum Gasteiger partial charge on any atom is 0.314 e. The van der Waals surface area contributed by atoms with Crippen LogP contribution < -0.4 is 10.6 Å². The van der Waals surface area contributed by atoms with Crippen molar-refractivity contribution in [2.24, 2.45) is 5.41 Å². The summed E-state index contributed by atoms with van der Waals surface area (Å²) >= 11 is 0. The van der Waals surface area contributed by atoms with Gasteiger partial charge in [-0.2, -0.15) is 0 Å². The Balaban J connectivity index is 3.78. The molecule has 0 heterocycles. The van der Waals surface area contributed by atoms with Gasteiger partial charge < -0.3 is 20.6 Å². The van der Waals surface area contributed by atoms with Gasteiger partial charge in [0.2, 0.25) is 5.91 Å². The molecule has 19 heavy (non-hydrogen) atoms. The first-order valence-electron chi connectivity index (χ1n) is 6.12. The first-order valence-corrected chi connectivity index (χ1v) is 6.12. The highest BCUT2D eigenvalue weighted by Crippen LogP contribution is 2.19. The fraction of sp³-hybridized carbons (Fsp3) is 0.750. The van der Waals surface area contributed by atoms with Gasteiger partial charge in [-0.25, -0.2) is 4.79 Å². The van der Waals surface area contributed by atoms with Crippen LogP contribution in [0.1, 0.15) is 26.7 Å². The molecule has 7 nitrogen and oxygen atoms in total. The van der Waals surface area contributed by atoms with Gasteiger partial charge in [-0.15, -0.1) is 0 Å². The Bertz CT molecular complexity index is 340. The van der Waals surface area contributed by atoms with E-state index in [9.17, 15) is 14.4 Å². The number of hydrogen-bond acceptors (Lipinski definition) is 3. The quantitative estimate of drug-likeness (QED) is 0.620. The molecule has 0 saturated heterocycles.